The topological polar surface area (TPSA) is 53.3 Å². The first kappa shape index (κ1) is 13.0. The smallest absolute Gasteiger partial charge is 0.243 e. The zero-order valence-electron chi connectivity index (χ0n) is 10.3. The number of hydrogen-bond acceptors (Lipinski definition) is 3. The Labute approximate surface area is 97.2 Å². The van der Waals surface area contributed by atoms with Gasteiger partial charge in [0.25, 0.3) is 0 Å². The van der Waals surface area contributed by atoms with Crippen molar-refractivity contribution >= 4 is 5.91 Å². The van der Waals surface area contributed by atoms with Gasteiger partial charge in [0.1, 0.15) is 5.41 Å². The van der Waals surface area contributed by atoms with Crippen LogP contribution in [-0.4, -0.2) is 36.6 Å². The van der Waals surface area contributed by atoms with E-state index in [4.69, 9.17) is 4.74 Å². The fourth-order valence-corrected chi connectivity index (χ4v) is 2.06. The third kappa shape index (κ3) is 2.35. The Morgan fingerprint density at radius 1 is 1.56 bits per heavy atom. The zero-order chi connectivity index (χ0) is 12.2. The van der Waals surface area contributed by atoms with E-state index in [1.165, 1.54) is 0 Å². The number of hydrogen-bond donors (Lipinski definition) is 0. The summed E-state index contributed by atoms with van der Waals surface area (Å²) in [5.41, 5.74) is -0.836. The molecule has 0 aromatic carbocycles. The van der Waals surface area contributed by atoms with Gasteiger partial charge in [0, 0.05) is 13.1 Å². The molecule has 1 amide bonds. The van der Waals surface area contributed by atoms with Crippen molar-refractivity contribution in [2.24, 2.45) is 5.41 Å². The van der Waals surface area contributed by atoms with Crippen molar-refractivity contribution in [2.45, 2.75) is 39.7 Å². The van der Waals surface area contributed by atoms with E-state index in [1.807, 2.05) is 20.8 Å². The number of amides is 1. The second-order valence-electron chi connectivity index (χ2n) is 4.33. The minimum absolute atomic E-state index is 0.0323. The first-order valence-corrected chi connectivity index (χ1v) is 5.92. The largest absolute Gasteiger partial charge is 0.375 e. The van der Waals surface area contributed by atoms with Gasteiger partial charge in [-0.25, -0.2) is 0 Å². The molecule has 4 heteroatoms. The molecule has 1 atom stereocenters. The molecule has 0 saturated carbocycles. The number of nitrogens with zero attached hydrogens (tertiary/aromatic N) is 2. The molecule has 1 rings (SSSR count). The second kappa shape index (κ2) is 5.31. The van der Waals surface area contributed by atoms with Gasteiger partial charge >= 0.3 is 0 Å². The molecule has 1 saturated heterocycles. The molecule has 90 valence electrons. The molecule has 4 nitrogen and oxygen atoms in total. The van der Waals surface area contributed by atoms with Crippen LogP contribution >= 0.6 is 0 Å². The number of morpholine rings is 1. The van der Waals surface area contributed by atoms with Crippen LogP contribution in [0.15, 0.2) is 0 Å². The van der Waals surface area contributed by atoms with Gasteiger partial charge in [-0.2, -0.15) is 5.26 Å². The van der Waals surface area contributed by atoms with Gasteiger partial charge in [0.2, 0.25) is 5.91 Å². The zero-order valence-corrected chi connectivity index (χ0v) is 10.3. The quantitative estimate of drug-likeness (QED) is 0.731. The lowest BCUT2D eigenvalue weighted by Crippen LogP contribution is -2.50. The average Bonchev–Trinajstić information content (AvgIpc) is 2.32. The summed E-state index contributed by atoms with van der Waals surface area (Å²) in [5, 5.41) is 9.21. The summed E-state index contributed by atoms with van der Waals surface area (Å²) < 4.78 is 5.39. The summed E-state index contributed by atoms with van der Waals surface area (Å²) in [6, 6.07) is 2.19. The third-order valence-electron chi connectivity index (χ3n) is 3.36. The van der Waals surface area contributed by atoms with E-state index < -0.39 is 5.41 Å². The Morgan fingerprint density at radius 3 is 2.62 bits per heavy atom. The number of carbonyl (C=O) groups is 1. The van der Waals surface area contributed by atoms with E-state index >= 15 is 0 Å². The minimum atomic E-state index is -0.836. The first-order valence-electron chi connectivity index (χ1n) is 5.92. The van der Waals surface area contributed by atoms with Crippen molar-refractivity contribution in [3.05, 3.63) is 0 Å². The highest BCUT2D eigenvalue weighted by molar-refractivity contribution is 5.85. The maximum Gasteiger partial charge on any atom is 0.243 e. The van der Waals surface area contributed by atoms with Crippen molar-refractivity contribution in [1.82, 2.24) is 4.90 Å². The van der Waals surface area contributed by atoms with Crippen molar-refractivity contribution in [3.63, 3.8) is 0 Å². The van der Waals surface area contributed by atoms with E-state index in [9.17, 15) is 10.1 Å². The molecule has 1 heterocycles. The third-order valence-corrected chi connectivity index (χ3v) is 3.36. The lowest BCUT2D eigenvalue weighted by atomic mass is 9.82. The van der Waals surface area contributed by atoms with Gasteiger partial charge in [-0.3, -0.25) is 4.79 Å². The van der Waals surface area contributed by atoms with Crippen LogP contribution in [0.3, 0.4) is 0 Å². The van der Waals surface area contributed by atoms with E-state index in [2.05, 4.69) is 6.07 Å². The molecule has 16 heavy (non-hydrogen) atoms. The average molecular weight is 224 g/mol. The first-order chi connectivity index (χ1) is 7.59. The summed E-state index contributed by atoms with van der Waals surface area (Å²) >= 11 is 0. The standard InChI is InChI=1S/C12H20N2O2/c1-4-12(5-2,9-13)11(15)14-6-7-16-10(3)8-14/h10H,4-8H2,1-3H3. The summed E-state index contributed by atoms with van der Waals surface area (Å²) in [7, 11) is 0. The Morgan fingerprint density at radius 2 is 2.19 bits per heavy atom. The van der Waals surface area contributed by atoms with Crippen molar-refractivity contribution in [3.8, 4) is 6.07 Å². The number of nitriles is 1. The predicted molar refractivity (Wildman–Crippen MR) is 60.6 cm³/mol. The second-order valence-corrected chi connectivity index (χ2v) is 4.33. The maximum absolute atomic E-state index is 12.3. The van der Waals surface area contributed by atoms with Crippen LogP contribution in [0.2, 0.25) is 0 Å². The lowest BCUT2D eigenvalue weighted by Gasteiger charge is -2.36. The Bertz CT molecular complexity index is 292. The highest BCUT2D eigenvalue weighted by Crippen LogP contribution is 2.28. The molecule has 1 aliphatic rings. The van der Waals surface area contributed by atoms with Crippen molar-refractivity contribution < 1.29 is 9.53 Å². The van der Waals surface area contributed by atoms with Gasteiger partial charge in [0.15, 0.2) is 0 Å². The minimum Gasteiger partial charge on any atom is -0.375 e. The molecule has 0 aromatic rings. The van der Waals surface area contributed by atoms with Crippen LogP contribution < -0.4 is 0 Å². The summed E-state index contributed by atoms with van der Waals surface area (Å²) in [6.45, 7) is 7.52. The van der Waals surface area contributed by atoms with E-state index in [1.54, 1.807) is 4.90 Å². The van der Waals surface area contributed by atoms with Crippen LogP contribution in [0.25, 0.3) is 0 Å². The molecule has 0 bridgehead atoms. The van der Waals surface area contributed by atoms with Gasteiger partial charge in [-0.05, 0) is 19.8 Å². The molecule has 1 fully saturated rings. The SMILES string of the molecule is CCC(C#N)(CC)C(=O)N1CCOC(C)C1. The fraction of sp³-hybridized carbons (Fsp3) is 0.833. The van der Waals surface area contributed by atoms with E-state index in [0.29, 0.717) is 32.5 Å². The molecule has 0 aliphatic carbocycles. The van der Waals surface area contributed by atoms with Crippen LogP contribution in [-0.2, 0) is 9.53 Å². The van der Waals surface area contributed by atoms with Crippen LogP contribution in [0, 0.1) is 16.7 Å². The van der Waals surface area contributed by atoms with Crippen LogP contribution in [0.5, 0.6) is 0 Å². The highest BCUT2D eigenvalue weighted by Gasteiger charge is 2.39. The monoisotopic (exact) mass is 224 g/mol. The normalized spacial score (nSPS) is 21.6. The number of carbonyl (C=O) groups excluding carboxylic acids is 1. The van der Waals surface area contributed by atoms with E-state index in [-0.39, 0.29) is 12.0 Å². The Balaban J connectivity index is 2.79. The Kier molecular flexibility index (Phi) is 4.31. The molecule has 0 aromatic heterocycles. The summed E-state index contributed by atoms with van der Waals surface area (Å²) in [5.74, 6) is -0.0323. The fourth-order valence-electron chi connectivity index (χ4n) is 2.06. The Hall–Kier alpha value is -1.08. The van der Waals surface area contributed by atoms with Crippen molar-refractivity contribution in [1.29, 1.82) is 5.26 Å². The molecule has 0 spiro atoms. The molecule has 1 unspecified atom stereocenters. The van der Waals surface area contributed by atoms with Gasteiger partial charge < -0.3 is 9.64 Å². The molecular formula is C12H20N2O2. The summed E-state index contributed by atoms with van der Waals surface area (Å²) in [4.78, 5) is 14.1. The lowest BCUT2D eigenvalue weighted by molar-refractivity contribution is -0.146. The van der Waals surface area contributed by atoms with Crippen LogP contribution in [0.1, 0.15) is 33.6 Å². The number of ether oxygens (including phenoxy) is 1. The molecule has 1 aliphatic heterocycles. The van der Waals surface area contributed by atoms with Crippen LogP contribution in [0.4, 0.5) is 0 Å². The van der Waals surface area contributed by atoms with Gasteiger partial charge in [-0.1, -0.05) is 13.8 Å². The van der Waals surface area contributed by atoms with Crippen molar-refractivity contribution in [2.75, 3.05) is 19.7 Å². The maximum atomic E-state index is 12.3. The molecule has 0 radical (unpaired) electrons. The summed E-state index contributed by atoms with van der Waals surface area (Å²) in [6.07, 6.45) is 1.22. The predicted octanol–water partition coefficient (Wildman–Crippen LogP) is 1.56. The highest BCUT2D eigenvalue weighted by atomic mass is 16.5. The number of rotatable bonds is 3. The van der Waals surface area contributed by atoms with Gasteiger partial charge in [0.05, 0.1) is 18.8 Å². The van der Waals surface area contributed by atoms with E-state index in [0.717, 1.165) is 0 Å². The molecule has 0 N–H and O–H groups in total. The van der Waals surface area contributed by atoms with Gasteiger partial charge in [-0.15, -0.1) is 0 Å². The molecular weight excluding hydrogens is 204 g/mol.